The molecule has 1 aliphatic rings. The molecule has 0 saturated carbocycles. The maximum absolute atomic E-state index is 13.4. The van der Waals surface area contributed by atoms with Gasteiger partial charge in [0.05, 0.1) is 5.69 Å². The topological polar surface area (TPSA) is 79.4 Å². The predicted molar refractivity (Wildman–Crippen MR) is 133 cm³/mol. The van der Waals surface area contributed by atoms with Crippen molar-refractivity contribution < 1.29 is 9.18 Å². The number of para-hydroxylation sites is 1. The van der Waals surface area contributed by atoms with Gasteiger partial charge in [0.15, 0.2) is 5.82 Å². The van der Waals surface area contributed by atoms with E-state index in [1.54, 1.807) is 17.0 Å². The summed E-state index contributed by atoms with van der Waals surface area (Å²) in [4.78, 5) is 17.2. The van der Waals surface area contributed by atoms with Crippen molar-refractivity contribution in [1.82, 2.24) is 14.7 Å². The van der Waals surface area contributed by atoms with Gasteiger partial charge >= 0.3 is 6.03 Å². The van der Waals surface area contributed by atoms with Crippen molar-refractivity contribution in [2.24, 2.45) is 0 Å². The number of nitrogens with two attached hydrogens (primary N) is 1. The van der Waals surface area contributed by atoms with Crippen LogP contribution in [0.2, 0.25) is 0 Å². The first-order valence-corrected chi connectivity index (χ1v) is 11.2. The molecule has 34 heavy (non-hydrogen) atoms. The van der Waals surface area contributed by atoms with Crippen LogP contribution in [0.1, 0.15) is 0 Å². The van der Waals surface area contributed by atoms with Crippen molar-refractivity contribution in [2.75, 3.05) is 42.1 Å². The van der Waals surface area contributed by atoms with E-state index < -0.39 is 0 Å². The number of carbonyl (C=O) groups excluding carboxylic acids is 1. The monoisotopic (exact) mass is 456 g/mol. The Morgan fingerprint density at radius 1 is 0.824 bits per heavy atom. The summed E-state index contributed by atoms with van der Waals surface area (Å²) in [5.74, 6) is -0.0670. The molecule has 1 aliphatic heterocycles. The minimum Gasteiger partial charge on any atom is -0.382 e. The van der Waals surface area contributed by atoms with Gasteiger partial charge in [0.1, 0.15) is 17.2 Å². The number of urea groups is 1. The molecule has 5 rings (SSSR count). The Labute approximate surface area is 197 Å². The number of piperazine rings is 1. The van der Waals surface area contributed by atoms with Crippen molar-refractivity contribution in [3.05, 3.63) is 90.7 Å². The minimum absolute atomic E-state index is 0.227. The quantitative estimate of drug-likeness (QED) is 0.470. The number of nitrogen functional groups attached to an aromatic ring is 1. The van der Waals surface area contributed by atoms with Gasteiger partial charge in [-0.05, 0) is 36.4 Å². The maximum atomic E-state index is 13.4. The Kier molecular flexibility index (Phi) is 5.86. The van der Waals surface area contributed by atoms with Gasteiger partial charge in [0, 0.05) is 37.4 Å². The number of anilines is 3. The van der Waals surface area contributed by atoms with Crippen LogP contribution >= 0.6 is 0 Å². The Balaban J connectivity index is 1.39. The third-order valence-corrected chi connectivity index (χ3v) is 5.96. The second-order valence-electron chi connectivity index (χ2n) is 8.10. The van der Waals surface area contributed by atoms with Gasteiger partial charge in [-0.2, -0.15) is 5.10 Å². The van der Waals surface area contributed by atoms with Crippen molar-refractivity contribution in [3.63, 3.8) is 0 Å². The molecule has 0 bridgehead atoms. The highest BCUT2D eigenvalue weighted by atomic mass is 19.1. The third kappa shape index (κ3) is 4.30. The number of rotatable bonds is 4. The second-order valence-corrected chi connectivity index (χ2v) is 8.10. The molecule has 1 saturated heterocycles. The van der Waals surface area contributed by atoms with Gasteiger partial charge < -0.3 is 20.9 Å². The summed E-state index contributed by atoms with van der Waals surface area (Å²) in [5, 5.41) is 7.65. The number of nitrogens with one attached hydrogen (secondary N) is 1. The van der Waals surface area contributed by atoms with Crippen LogP contribution in [0.4, 0.5) is 26.4 Å². The molecule has 3 aromatic carbocycles. The van der Waals surface area contributed by atoms with Gasteiger partial charge in [-0.15, -0.1) is 0 Å². The summed E-state index contributed by atoms with van der Waals surface area (Å²) in [6.07, 6.45) is 0. The maximum Gasteiger partial charge on any atom is 0.322 e. The Morgan fingerprint density at radius 2 is 1.44 bits per heavy atom. The number of halogens is 1. The molecule has 2 amide bonds. The third-order valence-electron chi connectivity index (χ3n) is 5.96. The zero-order chi connectivity index (χ0) is 23.5. The number of benzene rings is 3. The van der Waals surface area contributed by atoms with Crippen LogP contribution < -0.4 is 16.0 Å². The first kappa shape index (κ1) is 21.5. The first-order chi connectivity index (χ1) is 16.6. The Hall–Kier alpha value is -4.33. The summed E-state index contributed by atoms with van der Waals surface area (Å²) in [6.45, 7) is 2.67. The van der Waals surface area contributed by atoms with Crippen molar-refractivity contribution >= 4 is 23.2 Å². The molecule has 0 atom stereocenters. The highest BCUT2D eigenvalue weighted by Crippen LogP contribution is 2.34. The predicted octanol–water partition coefficient (Wildman–Crippen LogP) is 4.61. The summed E-state index contributed by atoms with van der Waals surface area (Å²) < 4.78 is 15.0. The van der Waals surface area contributed by atoms with Crippen molar-refractivity contribution in [3.8, 4) is 16.9 Å². The molecule has 1 fully saturated rings. The minimum atomic E-state index is -0.346. The average Bonchev–Trinajstić information content (AvgIpc) is 3.21. The van der Waals surface area contributed by atoms with Gasteiger partial charge in [0.2, 0.25) is 0 Å². The van der Waals surface area contributed by atoms with E-state index in [2.05, 4.69) is 27.4 Å². The highest BCUT2D eigenvalue weighted by Gasteiger charge is 2.25. The number of aromatic nitrogens is 2. The van der Waals surface area contributed by atoms with Crippen LogP contribution in [-0.4, -0.2) is 46.9 Å². The molecule has 8 heteroatoms. The van der Waals surface area contributed by atoms with E-state index >= 15 is 0 Å². The molecule has 0 radical (unpaired) electrons. The first-order valence-electron chi connectivity index (χ1n) is 11.2. The van der Waals surface area contributed by atoms with Crippen molar-refractivity contribution in [2.45, 2.75) is 0 Å². The van der Waals surface area contributed by atoms with E-state index in [9.17, 15) is 9.18 Å². The molecule has 7 nitrogen and oxygen atoms in total. The van der Waals surface area contributed by atoms with E-state index in [-0.39, 0.29) is 17.7 Å². The summed E-state index contributed by atoms with van der Waals surface area (Å²) >= 11 is 0. The van der Waals surface area contributed by atoms with E-state index in [0.717, 1.165) is 24.3 Å². The number of carbonyl (C=O) groups is 1. The van der Waals surface area contributed by atoms with Crippen LogP contribution in [-0.2, 0) is 0 Å². The molecular formula is C26H25FN6O. The van der Waals surface area contributed by atoms with Crippen molar-refractivity contribution in [1.29, 1.82) is 0 Å². The van der Waals surface area contributed by atoms with Gasteiger partial charge in [-0.3, -0.25) is 0 Å². The fourth-order valence-corrected chi connectivity index (χ4v) is 4.12. The molecule has 0 unspecified atom stereocenters. The van der Waals surface area contributed by atoms with Gasteiger partial charge in [-0.25, -0.2) is 13.9 Å². The molecule has 2 heterocycles. The van der Waals surface area contributed by atoms with Crippen LogP contribution in [0.3, 0.4) is 0 Å². The van der Waals surface area contributed by atoms with Gasteiger partial charge in [-0.1, -0.05) is 48.5 Å². The molecule has 0 spiro atoms. The summed E-state index contributed by atoms with van der Waals surface area (Å²) in [5.41, 5.74) is 10.0. The number of nitrogens with zero attached hydrogens (tertiary/aromatic N) is 4. The van der Waals surface area contributed by atoms with Gasteiger partial charge in [0.25, 0.3) is 0 Å². The van der Waals surface area contributed by atoms with Crippen LogP contribution in [0.15, 0.2) is 84.9 Å². The van der Waals surface area contributed by atoms with E-state index in [1.165, 1.54) is 16.8 Å². The lowest BCUT2D eigenvalue weighted by molar-refractivity contribution is 0.208. The van der Waals surface area contributed by atoms with E-state index in [4.69, 9.17) is 5.73 Å². The molecule has 1 aromatic heterocycles. The lowest BCUT2D eigenvalue weighted by atomic mass is 10.1. The standard InChI is InChI=1S/C26H25FN6O/c27-20-11-13-22(14-12-20)33-25(28)24(23(30-33)19-7-3-1-4-8-19)29-26(34)32-17-15-31(16-18-32)21-9-5-2-6-10-21/h1-14H,15-18,28H2,(H,29,34). The largest absolute Gasteiger partial charge is 0.382 e. The average molecular weight is 457 g/mol. The molecule has 3 N–H and O–H groups in total. The summed E-state index contributed by atoms with van der Waals surface area (Å²) in [6, 6.07) is 25.4. The number of hydrogen-bond donors (Lipinski definition) is 2. The molecule has 0 aliphatic carbocycles. The Morgan fingerprint density at radius 3 is 2.09 bits per heavy atom. The molecule has 172 valence electrons. The number of hydrogen-bond acceptors (Lipinski definition) is 4. The second kappa shape index (κ2) is 9.27. The highest BCUT2D eigenvalue weighted by molar-refractivity contribution is 5.98. The molecule has 4 aromatic rings. The Bertz CT molecular complexity index is 1270. The van der Waals surface area contributed by atoms with Crippen LogP contribution in [0, 0.1) is 5.82 Å². The van der Waals surface area contributed by atoms with E-state index in [1.807, 2.05) is 48.5 Å². The normalized spacial score (nSPS) is 13.7. The zero-order valence-electron chi connectivity index (χ0n) is 18.6. The smallest absolute Gasteiger partial charge is 0.322 e. The summed E-state index contributed by atoms with van der Waals surface area (Å²) in [7, 11) is 0. The van der Waals surface area contributed by atoms with Crippen LogP contribution in [0.25, 0.3) is 16.9 Å². The number of amides is 2. The SMILES string of the molecule is Nc1c(NC(=O)N2CCN(c3ccccc3)CC2)c(-c2ccccc2)nn1-c1ccc(F)cc1. The fourth-order valence-electron chi connectivity index (χ4n) is 4.12. The lowest BCUT2D eigenvalue weighted by Crippen LogP contribution is -2.50. The lowest BCUT2D eigenvalue weighted by Gasteiger charge is -2.36. The van der Waals surface area contributed by atoms with E-state index in [0.29, 0.717) is 30.2 Å². The van der Waals surface area contributed by atoms with Crippen LogP contribution in [0.5, 0.6) is 0 Å². The fraction of sp³-hybridized carbons (Fsp3) is 0.154. The zero-order valence-corrected chi connectivity index (χ0v) is 18.6. The molecular weight excluding hydrogens is 431 g/mol.